The Morgan fingerprint density at radius 3 is 2.24 bits per heavy atom. The number of carbonyl (C=O) groups is 1. The number of nitrogens with zero attached hydrogens (tertiary/aromatic N) is 2. The smallest absolute Gasteiger partial charge is 0.293 e. The number of nitro benzene ring substituents is 1. The molecule has 2 aromatic rings. The zero-order valence-corrected chi connectivity index (χ0v) is 12.2. The van der Waals surface area contributed by atoms with Gasteiger partial charge in [0.15, 0.2) is 0 Å². The third-order valence-electron chi connectivity index (χ3n) is 3.29. The van der Waals surface area contributed by atoms with Crippen molar-refractivity contribution in [3.63, 3.8) is 0 Å². The third kappa shape index (κ3) is 3.08. The summed E-state index contributed by atoms with van der Waals surface area (Å²) in [6.45, 7) is 3.96. The highest BCUT2D eigenvalue weighted by Gasteiger charge is 2.19. The summed E-state index contributed by atoms with van der Waals surface area (Å²) < 4.78 is 0. The molecule has 0 aliphatic heterocycles. The first-order valence-electron chi connectivity index (χ1n) is 6.48. The minimum atomic E-state index is -0.471. The van der Waals surface area contributed by atoms with Crippen LogP contribution >= 0.6 is 0 Å². The highest BCUT2D eigenvalue weighted by molar-refractivity contribution is 5.81. The van der Waals surface area contributed by atoms with Crippen LogP contribution < -0.4 is 4.90 Å². The van der Waals surface area contributed by atoms with E-state index in [1.807, 2.05) is 32.0 Å². The van der Waals surface area contributed by atoms with E-state index in [9.17, 15) is 14.9 Å². The lowest BCUT2D eigenvalue weighted by molar-refractivity contribution is -0.384. The van der Waals surface area contributed by atoms with Gasteiger partial charge in [-0.15, -0.1) is 0 Å². The second kappa shape index (κ2) is 5.75. The summed E-state index contributed by atoms with van der Waals surface area (Å²) in [6.07, 6.45) is 0.605. The number of hydrogen-bond acceptors (Lipinski definition) is 4. The first kappa shape index (κ1) is 14.7. The monoisotopic (exact) mass is 284 g/mol. The van der Waals surface area contributed by atoms with E-state index in [-0.39, 0.29) is 5.69 Å². The Morgan fingerprint density at radius 1 is 1.10 bits per heavy atom. The molecule has 0 bridgehead atoms. The first-order valence-corrected chi connectivity index (χ1v) is 6.48. The van der Waals surface area contributed by atoms with Gasteiger partial charge in [0.2, 0.25) is 0 Å². The summed E-state index contributed by atoms with van der Waals surface area (Å²) in [5.74, 6) is 0. The van der Waals surface area contributed by atoms with Crippen LogP contribution in [0.25, 0.3) is 0 Å². The molecular formula is C16H16N2O3. The third-order valence-corrected chi connectivity index (χ3v) is 3.29. The van der Waals surface area contributed by atoms with E-state index < -0.39 is 4.92 Å². The fourth-order valence-electron chi connectivity index (χ4n) is 2.33. The fourth-order valence-corrected chi connectivity index (χ4v) is 2.33. The zero-order chi connectivity index (χ0) is 15.6. The highest BCUT2D eigenvalue weighted by atomic mass is 16.6. The number of benzene rings is 2. The van der Waals surface area contributed by atoms with Gasteiger partial charge in [0.25, 0.3) is 5.69 Å². The van der Waals surface area contributed by atoms with Gasteiger partial charge in [-0.1, -0.05) is 6.07 Å². The molecule has 0 amide bonds. The summed E-state index contributed by atoms with van der Waals surface area (Å²) in [5, 5.41) is 11.2. The maximum atomic E-state index is 11.2. The lowest BCUT2D eigenvalue weighted by Crippen LogP contribution is -2.12. The number of rotatable bonds is 4. The van der Waals surface area contributed by atoms with Crippen LogP contribution in [-0.2, 0) is 0 Å². The Balaban J connectivity index is 2.54. The Labute approximate surface area is 123 Å². The van der Waals surface area contributed by atoms with Crippen LogP contribution in [0.5, 0.6) is 0 Å². The molecule has 0 fully saturated rings. The van der Waals surface area contributed by atoms with Gasteiger partial charge in [0, 0.05) is 24.4 Å². The van der Waals surface area contributed by atoms with E-state index in [0.29, 0.717) is 17.5 Å². The van der Waals surface area contributed by atoms with Crippen molar-refractivity contribution in [2.45, 2.75) is 13.8 Å². The highest BCUT2D eigenvalue weighted by Crippen LogP contribution is 2.33. The average Bonchev–Trinajstić information content (AvgIpc) is 2.44. The largest absolute Gasteiger partial charge is 0.339 e. The minimum absolute atomic E-state index is 0.0822. The van der Waals surface area contributed by atoms with Crippen molar-refractivity contribution in [3.05, 3.63) is 63.2 Å². The number of hydrogen-bond donors (Lipinski definition) is 0. The van der Waals surface area contributed by atoms with E-state index in [1.54, 1.807) is 24.1 Å². The quantitative estimate of drug-likeness (QED) is 0.487. The van der Waals surface area contributed by atoms with E-state index in [4.69, 9.17) is 0 Å². The van der Waals surface area contributed by atoms with Gasteiger partial charge >= 0.3 is 0 Å². The molecule has 108 valence electrons. The van der Waals surface area contributed by atoms with Crippen molar-refractivity contribution in [2.24, 2.45) is 0 Å². The molecule has 0 spiro atoms. The Kier molecular flexibility index (Phi) is 4.03. The predicted octanol–water partition coefficient (Wildman–Crippen LogP) is 3.79. The molecule has 0 aromatic heterocycles. The zero-order valence-electron chi connectivity index (χ0n) is 12.2. The second-order valence-electron chi connectivity index (χ2n) is 5.03. The molecule has 0 unspecified atom stereocenters. The van der Waals surface area contributed by atoms with Gasteiger partial charge in [-0.2, -0.15) is 0 Å². The van der Waals surface area contributed by atoms with Crippen LogP contribution in [0, 0.1) is 24.0 Å². The minimum Gasteiger partial charge on any atom is -0.339 e. The number of nitro groups is 1. The predicted molar refractivity (Wildman–Crippen MR) is 82.5 cm³/mol. The van der Waals surface area contributed by atoms with Crippen LogP contribution in [0.4, 0.5) is 17.1 Å². The topological polar surface area (TPSA) is 63.5 Å². The molecule has 21 heavy (non-hydrogen) atoms. The van der Waals surface area contributed by atoms with Gasteiger partial charge in [0.05, 0.1) is 4.92 Å². The first-order chi connectivity index (χ1) is 9.92. The van der Waals surface area contributed by atoms with Crippen LogP contribution in [-0.4, -0.2) is 18.3 Å². The van der Waals surface area contributed by atoms with Crippen molar-refractivity contribution in [2.75, 3.05) is 11.9 Å². The van der Waals surface area contributed by atoms with Crippen molar-refractivity contribution in [3.8, 4) is 0 Å². The van der Waals surface area contributed by atoms with Crippen molar-refractivity contribution < 1.29 is 9.72 Å². The molecule has 5 nitrogen and oxygen atoms in total. The molecular weight excluding hydrogens is 268 g/mol. The van der Waals surface area contributed by atoms with Gasteiger partial charge in [0.1, 0.15) is 12.0 Å². The number of aryl methyl sites for hydroxylation is 2. The summed E-state index contributed by atoms with van der Waals surface area (Å²) in [5.41, 5.74) is 3.71. The molecule has 0 N–H and O–H groups in total. The summed E-state index contributed by atoms with van der Waals surface area (Å²) in [4.78, 5) is 23.3. The Bertz CT molecular complexity index is 690. The van der Waals surface area contributed by atoms with E-state index >= 15 is 0 Å². The van der Waals surface area contributed by atoms with Gasteiger partial charge < -0.3 is 4.90 Å². The van der Waals surface area contributed by atoms with Crippen LogP contribution in [0.2, 0.25) is 0 Å². The molecule has 0 heterocycles. The number of anilines is 2. The van der Waals surface area contributed by atoms with Crippen LogP contribution in [0.1, 0.15) is 21.5 Å². The fraction of sp³-hybridized carbons (Fsp3) is 0.188. The summed E-state index contributed by atoms with van der Waals surface area (Å²) in [6, 6.07) is 10.4. The standard InChI is InChI=1S/C16H16N2O3/c1-11-6-12(2)8-14(7-11)17(3)15-5-4-13(10-19)9-16(15)18(20)21/h4-10H,1-3H3. The van der Waals surface area contributed by atoms with Crippen molar-refractivity contribution in [1.29, 1.82) is 0 Å². The summed E-state index contributed by atoms with van der Waals surface area (Å²) in [7, 11) is 1.77. The number of aldehydes is 1. The molecule has 0 aliphatic rings. The lowest BCUT2D eigenvalue weighted by Gasteiger charge is -2.20. The van der Waals surface area contributed by atoms with E-state index in [0.717, 1.165) is 16.8 Å². The van der Waals surface area contributed by atoms with Crippen LogP contribution in [0.15, 0.2) is 36.4 Å². The van der Waals surface area contributed by atoms with Crippen molar-refractivity contribution >= 4 is 23.3 Å². The maximum absolute atomic E-state index is 11.2. The van der Waals surface area contributed by atoms with Crippen molar-refractivity contribution in [1.82, 2.24) is 0 Å². The lowest BCUT2D eigenvalue weighted by atomic mass is 10.1. The molecule has 2 rings (SSSR count). The molecule has 2 aromatic carbocycles. The second-order valence-corrected chi connectivity index (χ2v) is 5.03. The maximum Gasteiger partial charge on any atom is 0.293 e. The molecule has 0 aliphatic carbocycles. The summed E-state index contributed by atoms with van der Waals surface area (Å²) >= 11 is 0. The SMILES string of the molecule is Cc1cc(C)cc(N(C)c2ccc(C=O)cc2[N+](=O)[O-])c1. The Hall–Kier alpha value is -2.69. The van der Waals surface area contributed by atoms with Gasteiger partial charge in [-0.3, -0.25) is 14.9 Å². The molecule has 0 radical (unpaired) electrons. The normalized spacial score (nSPS) is 10.2. The van der Waals surface area contributed by atoms with Crippen LogP contribution in [0.3, 0.4) is 0 Å². The molecule has 0 atom stereocenters. The number of carbonyl (C=O) groups excluding carboxylic acids is 1. The molecule has 0 saturated carbocycles. The van der Waals surface area contributed by atoms with E-state index in [2.05, 4.69) is 0 Å². The van der Waals surface area contributed by atoms with Gasteiger partial charge in [-0.25, -0.2) is 0 Å². The van der Waals surface area contributed by atoms with E-state index in [1.165, 1.54) is 6.07 Å². The Morgan fingerprint density at radius 2 is 1.71 bits per heavy atom. The molecule has 5 heteroatoms. The van der Waals surface area contributed by atoms with Gasteiger partial charge in [-0.05, 0) is 49.2 Å². The molecule has 0 saturated heterocycles. The average molecular weight is 284 g/mol.